The van der Waals surface area contributed by atoms with Gasteiger partial charge in [0.1, 0.15) is 0 Å². The van der Waals surface area contributed by atoms with Crippen molar-refractivity contribution >= 4 is 5.91 Å². The summed E-state index contributed by atoms with van der Waals surface area (Å²) in [6, 6.07) is 1.29. The molecule has 0 aliphatic carbocycles. The van der Waals surface area contributed by atoms with Crippen molar-refractivity contribution in [3.8, 4) is 0 Å². The molecule has 1 aromatic heterocycles. The van der Waals surface area contributed by atoms with Crippen LogP contribution >= 0.6 is 0 Å². The van der Waals surface area contributed by atoms with Crippen LogP contribution in [0.3, 0.4) is 0 Å². The zero-order valence-electron chi connectivity index (χ0n) is 9.40. The molecule has 0 bridgehead atoms. The van der Waals surface area contributed by atoms with Crippen molar-refractivity contribution in [3.05, 3.63) is 33.1 Å². The Morgan fingerprint density at radius 3 is 2.69 bits per heavy atom. The lowest BCUT2D eigenvalue weighted by Gasteiger charge is -2.09. The van der Waals surface area contributed by atoms with E-state index in [0.717, 1.165) is 4.57 Å². The van der Waals surface area contributed by atoms with Gasteiger partial charge in [-0.3, -0.25) is 14.2 Å². The van der Waals surface area contributed by atoms with Crippen LogP contribution in [0.5, 0.6) is 0 Å². The van der Waals surface area contributed by atoms with E-state index >= 15 is 0 Å². The number of carbonyl (C=O) groups is 1. The molecule has 0 aliphatic rings. The van der Waals surface area contributed by atoms with Gasteiger partial charge < -0.3 is 9.88 Å². The van der Waals surface area contributed by atoms with Crippen LogP contribution in [0.1, 0.15) is 12.8 Å². The lowest BCUT2D eigenvalue weighted by atomic mass is 10.3. The van der Waals surface area contributed by atoms with E-state index in [9.17, 15) is 14.4 Å². The number of aromatic amines is 1. The van der Waals surface area contributed by atoms with Crippen molar-refractivity contribution in [1.82, 2.24) is 14.5 Å². The molecule has 6 heteroatoms. The van der Waals surface area contributed by atoms with Gasteiger partial charge in [-0.1, -0.05) is 0 Å². The van der Waals surface area contributed by atoms with Crippen molar-refractivity contribution in [2.75, 3.05) is 14.1 Å². The van der Waals surface area contributed by atoms with Gasteiger partial charge >= 0.3 is 5.69 Å². The fourth-order valence-corrected chi connectivity index (χ4v) is 1.28. The number of hydrogen-bond acceptors (Lipinski definition) is 3. The summed E-state index contributed by atoms with van der Waals surface area (Å²) in [7, 11) is 3.34. The van der Waals surface area contributed by atoms with Crippen LogP contribution in [0.4, 0.5) is 0 Å². The fourth-order valence-electron chi connectivity index (χ4n) is 1.28. The molecule has 0 fully saturated rings. The molecule has 16 heavy (non-hydrogen) atoms. The van der Waals surface area contributed by atoms with Gasteiger partial charge in [0, 0.05) is 39.3 Å². The number of carbonyl (C=O) groups excluding carboxylic acids is 1. The largest absolute Gasteiger partial charge is 0.349 e. The van der Waals surface area contributed by atoms with Gasteiger partial charge in [0.25, 0.3) is 5.56 Å². The third-order valence-electron chi connectivity index (χ3n) is 2.22. The maximum absolute atomic E-state index is 11.3. The molecule has 1 aromatic rings. The number of nitrogens with zero attached hydrogens (tertiary/aromatic N) is 2. The van der Waals surface area contributed by atoms with Crippen LogP contribution in [0.2, 0.25) is 0 Å². The molecule has 0 spiro atoms. The molecule has 6 nitrogen and oxygen atoms in total. The van der Waals surface area contributed by atoms with Crippen LogP contribution < -0.4 is 11.2 Å². The number of H-pyrrole nitrogens is 1. The highest BCUT2D eigenvalue weighted by atomic mass is 16.2. The van der Waals surface area contributed by atoms with Crippen molar-refractivity contribution in [3.63, 3.8) is 0 Å². The first-order valence-corrected chi connectivity index (χ1v) is 5.01. The van der Waals surface area contributed by atoms with Crippen LogP contribution in [-0.2, 0) is 11.3 Å². The first-order chi connectivity index (χ1) is 7.52. The zero-order valence-corrected chi connectivity index (χ0v) is 9.40. The van der Waals surface area contributed by atoms with Gasteiger partial charge in [-0.2, -0.15) is 0 Å². The van der Waals surface area contributed by atoms with Gasteiger partial charge in [0.2, 0.25) is 5.91 Å². The Bertz CT molecular complexity index is 444. The van der Waals surface area contributed by atoms with Crippen LogP contribution in [0, 0.1) is 0 Å². The second kappa shape index (κ2) is 5.29. The van der Waals surface area contributed by atoms with Crippen molar-refractivity contribution in [2.24, 2.45) is 0 Å². The Balaban J connectivity index is 2.59. The highest BCUT2D eigenvalue weighted by Gasteiger charge is 2.05. The van der Waals surface area contributed by atoms with Gasteiger partial charge in [-0.15, -0.1) is 0 Å². The summed E-state index contributed by atoms with van der Waals surface area (Å²) < 4.78 is 1.09. The number of hydrogen-bond donors (Lipinski definition) is 1. The number of rotatable bonds is 4. The lowest BCUT2D eigenvalue weighted by Crippen LogP contribution is -2.34. The summed E-state index contributed by atoms with van der Waals surface area (Å²) in [5.41, 5.74) is -0.786. The second-order valence-corrected chi connectivity index (χ2v) is 3.66. The Morgan fingerprint density at radius 2 is 2.12 bits per heavy atom. The number of amides is 1. The van der Waals surface area contributed by atoms with Crippen molar-refractivity contribution in [2.45, 2.75) is 19.4 Å². The topological polar surface area (TPSA) is 75.2 Å². The maximum Gasteiger partial charge on any atom is 0.328 e. The fraction of sp³-hybridized carbons (Fsp3) is 0.500. The average molecular weight is 225 g/mol. The molecule has 0 saturated carbocycles. The summed E-state index contributed by atoms with van der Waals surface area (Å²) in [6.07, 6.45) is 2.12. The molecule has 0 radical (unpaired) electrons. The van der Waals surface area contributed by atoms with Crippen LogP contribution in [0.15, 0.2) is 21.9 Å². The van der Waals surface area contributed by atoms with Gasteiger partial charge in [0.15, 0.2) is 0 Å². The Labute approximate surface area is 92.5 Å². The van der Waals surface area contributed by atoms with E-state index in [1.807, 2.05) is 0 Å². The van der Waals surface area contributed by atoms with Gasteiger partial charge in [0.05, 0.1) is 0 Å². The predicted molar refractivity (Wildman–Crippen MR) is 59.3 cm³/mol. The van der Waals surface area contributed by atoms with E-state index in [2.05, 4.69) is 4.98 Å². The highest BCUT2D eigenvalue weighted by Crippen LogP contribution is 1.94. The smallest absolute Gasteiger partial charge is 0.328 e. The van der Waals surface area contributed by atoms with E-state index < -0.39 is 5.69 Å². The summed E-state index contributed by atoms with van der Waals surface area (Å²) in [5.74, 6) is -0.0135. The quantitative estimate of drug-likeness (QED) is 0.743. The van der Waals surface area contributed by atoms with Crippen LogP contribution in [0.25, 0.3) is 0 Å². The average Bonchev–Trinajstić information content (AvgIpc) is 2.22. The molecule has 0 atom stereocenters. The Morgan fingerprint density at radius 1 is 1.44 bits per heavy atom. The molecule has 0 aromatic carbocycles. The minimum absolute atomic E-state index is 0.0135. The molecule has 1 N–H and O–H groups in total. The minimum Gasteiger partial charge on any atom is -0.349 e. The third kappa shape index (κ3) is 3.08. The molecule has 1 amide bonds. The van der Waals surface area contributed by atoms with E-state index in [1.54, 1.807) is 14.1 Å². The van der Waals surface area contributed by atoms with Crippen molar-refractivity contribution in [1.29, 1.82) is 0 Å². The van der Waals surface area contributed by atoms with E-state index in [4.69, 9.17) is 0 Å². The first kappa shape index (κ1) is 12.2. The maximum atomic E-state index is 11.3. The third-order valence-corrected chi connectivity index (χ3v) is 2.22. The highest BCUT2D eigenvalue weighted by molar-refractivity contribution is 5.75. The zero-order chi connectivity index (χ0) is 12.1. The lowest BCUT2D eigenvalue weighted by molar-refractivity contribution is -0.128. The minimum atomic E-state index is -0.440. The molecule has 1 heterocycles. The summed E-state index contributed by atoms with van der Waals surface area (Å²) in [4.78, 5) is 37.7. The van der Waals surface area contributed by atoms with E-state index in [-0.39, 0.29) is 18.0 Å². The predicted octanol–water partition coefficient (Wildman–Crippen LogP) is -0.595. The molecule has 1 rings (SSSR count). The Hall–Kier alpha value is -1.85. The number of nitrogens with one attached hydrogen (secondary N) is 1. The summed E-state index contributed by atoms with van der Waals surface area (Å²) in [6.45, 7) is 0.259. The SMILES string of the molecule is CN(C)C(=O)CCCn1c(=O)cc[nH]c1=O. The molecule has 0 saturated heterocycles. The second-order valence-electron chi connectivity index (χ2n) is 3.66. The molecular formula is C10H15N3O3. The van der Waals surface area contributed by atoms with E-state index in [1.165, 1.54) is 17.2 Å². The first-order valence-electron chi connectivity index (χ1n) is 5.01. The molecular weight excluding hydrogens is 210 g/mol. The van der Waals surface area contributed by atoms with E-state index in [0.29, 0.717) is 12.8 Å². The molecule has 0 unspecified atom stereocenters. The van der Waals surface area contributed by atoms with Gasteiger partial charge in [-0.05, 0) is 6.42 Å². The normalized spacial score (nSPS) is 10.1. The number of aromatic nitrogens is 2. The summed E-state index contributed by atoms with van der Waals surface area (Å²) >= 11 is 0. The van der Waals surface area contributed by atoms with Crippen molar-refractivity contribution < 1.29 is 4.79 Å². The Kier molecular flexibility index (Phi) is 4.04. The molecule has 88 valence electrons. The van der Waals surface area contributed by atoms with Crippen LogP contribution in [-0.4, -0.2) is 34.5 Å². The standard InChI is InChI=1S/C10H15N3O3/c1-12(2)8(14)4-3-7-13-9(15)5-6-11-10(13)16/h5-6H,3-4,7H2,1-2H3,(H,11,16). The van der Waals surface area contributed by atoms with Gasteiger partial charge in [-0.25, -0.2) is 4.79 Å². The monoisotopic (exact) mass is 225 g/mol. The summed E-state index contributed by atoms with van der Waals surface area (Å²) in [5, 5.41) is 0. The molecule has 0 aliphatic heterocycles.